The van der Waals surface area contributed by atoms with Crippen molar-refractivity contribution in [3.8, 4) is 0 Å². The van der Waals surface area contributed by atoms with Crippen molar-refractivity contribution >= 4 is 29.4 Å². The van der Waals surface area contributed by atoms with Gasteiger partial charge in [0.2, 0.25) is 0 Å². The smallest absolute Gasteiger partial charge is 0.0674 e. The average Bonchev–Trinajstić information content (AvgIpc) is 2.71. The van der Waals surface area contributed by atoms with E-state index in [2.05, 4.69) is 22.4 Å². The topological polar surface area (TPSA) is 24.4 Å². The molecule has 0 spiro atoms. The predicted molar refractivity (Wildman–Crippen MR) is 52.6 cm³/mol. The van der Waals surface area contributed by atoms with E-state index in [1.807, 2.05) is 18.0 Å². The Labute approximate surface area is 75.1 Å². The van der Waals surface area contributed by atoms with Crippen molar-refractivity contribution in [1.82, 2.24) is 0 Å². The normalized spacial score (nSPS) is 17.3. The summed E-state index contributed by atoms with van der Waals surface area (Å²) in [6.45, 7) is 0. The molecule has 60 valence electrons. The molecule has 1 N–H and O–H groups in total. The highest BCUT2D eigenvalue weighted by Crippen LogP contribution is 2.42. The van der Waals surface area contributed by atoms with Gasteiger partial charge in [-0.3, -0.25) is 4.99 Å². The van der Waals surface area contributed by atoms with Crippen LogP contribution in [0.1, 0.15) is 5.56 Å². The van der Waals surface area contributed by atoms with Crippen molar-refractivity contribution in [3.63, 3.8) is 0 Å². The standard InChI is InChI=1S/C9H8N2S/c1-2-8-9(12-5-11-8)6-3-4-10-7(1)6/h1-2,4,11H,3,5H2. The molecule has 0 bridgehead atoms. The Kier molecular flexibility index (Phi) is 1.23. The molecule has 1 aromatic carbocycles. The average molecular weight is 176 g/mol. The Morgan fingerprint density at radius 2 is 2.42 bits per heavy atom. The number of aliphatic imine (C=N–C) groups is 1. The number of hydrogen-bond acceptors (Lipinski definition) is 3. The zero-order valence-electron chi connectivity index (χ0n) is 6.50. The molecule has 0 unspecified atom stereocenters. The number of nitrogens with zero attached hydrogens (tertiary/aromatic N) is 1. The second-order valence-electron chi connectivity index (χ2n) is 2.92. The molecule has 0 saturated heterocycles. The first kappa shape index (κ1) is 6.54. The summed E-state index contributed by atoms with van der Waals surface area (Å²) in [5.41, 5.74) is 3.84. The molecule has 0 aliphatic carbocycles. The Morgan fingerprint density at radius 1 is 1.42 bits per heavy atom. The molecule has 0 fully saturated rings. The molecule has 2 heterocycles. The van der Waals surface area contributed by atoms with Crippen LogP contribution in [0.4, 0.5) is 11.4 Å². The van der Waals surface area contributed by atoms with E-state index < -0.39 is 0 Å². The summed E-state index contributed by atoms with van der Waals surface area (Å²) in [4.78, 5) is 5.72. The zero-order chi connectivity index (χ0) is 7.97. The summed E-state index contributed by atoms with van der Waals surface area (Å²) in [5, 5.41) is 3.34. The summed E-state index contributed by atoms with van der Waals surface area (Å²) in [6, 6.07) is 4.22. The lowest BCUT2D eigenvalue weighted by Gasteiger charge is -2.03. The summed E-state index contributed by atoms with van der Waals surface area (Å²) in [6.07, 6.45) is 3.00. The SMILES string of the molecule is C1=Nc2ccc3c(c2C1)SCN3. The van der Waals surface area contributed by atoms with Crippen LogP contribution >= 0.6 is 11.8 Å². The number of fused-ring (bicyclic) bond motifs is 3. The van der Waals surface area contributed by atoms with Crippen molar-refractivity contribution in [2.75, 3.05) is 11.2 Å². The van der Waals surface area contributed by atoms with E-state index in [0.29, 0.717) is 0 Å². The van der Waals surface area contributed by atoms with Crippen LogP contribution in [0.5, 0.6) is 0 Å². The molecule has 0 aromatic heterocycles. The molecule has 2 nitrogen and oxygen atoms in total. The maximum atomic E-state index is 4.31. The van der Waals surface area contributed by atoms with Crippen molar-refractivity contribution in [1.29, 1.82) is 0 Å². The first-order chi connectivity index (χ1) is 5.95. The minimum Gasteiger partial charge on any atom is -0.375 e. The van der Waals surface area contributed by atoms with Gasteiger partial charge < -0.3 is 5.32 Å². The van der Waals surface area contributed by atoms with Crippen LogP contribution < -0.4 is 5.32 Å². The maximum absolute atomic E-state index is 4.31. The van der Waals surface area contributed by atoms with Crippen molar-refractivity contribution in [2.24, 2.45) is 4.99 Å². The third kappa shape index (κ3) is 0.743. The minimum atomic E-state index is 1.01. The van der Waals surface area contributed by atoms with Gasteiger partial charge in [0.05, 0.1) is 11.6 Å². The number of rotatable bonds is 0. The third-order valence-electron chi connectivity index (χ3n) is 2.24. The Bertz CT molecular complexity index is 371. The lowest BCUT2D eigenvalue weighted by molar-refractivity contribution is 1.28. The summed E-state index contributed by atoms with van der Waals surface area (Å²) >= 11 is 1.88. The van der Waals surface area contributed by atoms with Gasteiger partial charge in [0.1, 0.15) is 0 Å². The van der Waals surface area contributed by atoms with Crippen molar-refractivity contribution < 1.29 is 0 Å². The highest BCUT2D eigenvalue weighted by Gasteiger charge is 2.19. The van der Waals surface area contributed by atoms with Gasteiger partial charge in [-0.2, -0.15) is 0 Å². The molecule has 0 saturated carbocycles. The molecular formula is C9H8N2S. The summed E-state index contributed by atoms with van der Waals surface area (Å²) in [7, 11) is 0. The molecule has 1 aromatic rings. The number of thioether (sulfide) groups is 1. The first-order valence-corrected chi connectivity index (χ1v) is 4.99. The van der Waals surface area contributed by atoms with Crippen molar-refractivity contribution in [2.45, 2.75) is 11.3 Å². The molecule has 3 rings (SSSR count). The Morgan fingerprint density at radius 3 is 3.42 bits per heavy atom. The largest absolute Gasteiger partial charge is 0.375 e. The van der Waals surface area contributed by atoms with Gasteiger partial charge in [-0.15, -0.1) is 11.8 Å². The fourth-order valence-corrected chi connectivity index (χ4v) is 2.69. The number of anilines is 1. The van der Waals surface area contributed by atoms with E-state index in [4.69, 9.17) is 0 Å². The molecular weight excluding hydrogens is 168 g/mol. The van der Waals surface area contributed by atoms with E-state index in [9.17, 15) is 0 Å². The highest BCUT2D eigenvalue weighted by atomic mass is 32.2. The second kappa shape index (κ2) is 2.26. The third-order valence-corrected chi connectivity index (χ3v) is 3.28. The molecule has 0 amide bonds. The van der Waals surface area contributed by atoms with Gasteiger partial charge in [0.15, 0.2) is 0 Å². The van der Waals surface area contributed by atoms with Gasteiger partial charge >= 0.3 is 0 Å². The fraction of sp³-hybridized carbons (Fsp3) is 0.222. The number of benzene rings is 1. The zero-order valence-corrected chi connectivity index (χ0v) is 7.32. The van der Waals surface area contributed by atoms with Gasteiger partial charge in [-0.1, -0.05) is 0 Å². The maximum Gasteiger partial charge on any atom is 0.0674 e. The van der Waals surface area contributed by atoms with Gasteiger partial charge in [-0.25, -0.2) is 0 Å². The van der Waals surface area contributed by atoms with Gasteiger partial charge in [-0.05, 0) is 17.7 Å². The highest BCUT2D eigenvalue weighted by molar-refractivity contribution is 8.00. The van der Waals surface area contributed by atoms with E-state index in [1.54, 1.807) is 0 Å². The lowest BCUT2D eigenvalue weighted by atomic mass is 10.1. The summed E-state index contributed by atoms with van der Waals surface area (Å²) < 4.78 is 0. The predicted octanol–water partition coefficient (Wildman–Crippen LogP) is 2.42. The van der Waals surface area contributed by atoms with Crippen LogP contribution in [0, 0.1) is 0 Å². The van der Waals surface area contributed by atoms with Crippen molar-refractivity contribution in [3.05, 3.63) is 17.7 Å². The van der Waals surface area contributed by atoms with Gasteiger partial charge in [0, 0.05) is 23.2 Å². The second-order valence-corrected chi connectivity index (χ2v) is 3.91. The number of hydrogen-bond donors (Lipinski definition) is 1. The quantitative estimate of drug-likeness (QED) is 0.656. The van der Waals surface area contributed by atoms with Crippen LogP contribution in [-0.2, 0) is 6.42 Å². The monoisotopic (exact) mass is 176 g/mol. The van der Waals surface area contributed by atoms with E-state index >= 15 is 0 Å². The van der Waals surface area contributed by atoms with Crippen LogP contribution in [0.2, 0.25) is 0 Å². The Hall–Kier alpha value is -0.960. The molecule has 12 heavy (non-hydrogen) atoms. The van der Waals surface area contributed by atoms with E-state index in [0.717, 1.165) is 18.0 Å². The lowest BCUT2D eigenvalue weighted by Crippen LogP contribution is -1.88. The van der Waals surface area contributed by atoms with Crippen LogP contribution in [0.15, 0.2) is 22.0 Å². The van der Waals surface area contributed by atoms with E-state index in [-0.39, 0.29) is 0 Å². The van der Waals surface area contributed by atoms with E-state index in [1.165, 1.54) is 16.1 Å². The molecule has 0 radical (unpaired) electrons. The van der Waals surface area contributed by atoms with Gasteiger partial charge in [0.25, 0.3) is 0 Å². The number of nitrogens with one attached hydrogen (secondary N) is 1. The molecule has 0 atom stereocenters. The Balaban J connectivity index is 2.27. The van der Waals surface area contributed by atoms with Crippen LogP contribution in [-0.4, -0.2) is 12.1 Å². The van der Waals surface area contributed by atoms with Crippen LogP contribution in [0.3, 0.4) is 0 Å². The molecule has 2 aliphatic rings. The van der Waals surface area contributed by atoms with Crippen LogP contribution in [0.25, 0.3) is 0 Å². The first-order valence-electron chi connectivity index (χ1n) is 4.00. The molecule has 3 heteroatoms. The summed E-state index contributed by atoms with van der Waals surface area (Å²) in [5.74, 6) is 1.01. The minimum absolute atomic E-state index is 1.01. The molecule has 2 aliphatic heterocycles. The fourth-order valence-electron chi connectivity index (χ4n) is 1.66.